The van der Waals surface area contributed by atoms with Crippen molar-refractivity contribution in [2.24, 2.45) is 0 Å². The monoisotopic (exact) mass is 514 g/mol. The Balaban J connectivity index is 1.54. The first-order chi connectivity index (χ1) is 14.8. The number of benzene rings is 4. The van der Waals surface area contributed by atoms with E-state index in [-0.39, 0.29) is 4.90 Å². The Morgan fingerprint density at radius 2 is 1.58 bits per heavy atom. The van der Waals surface area contributed by atoms with Crippen LogP contribution in [0.25, 0.3) is 10.8 Å². The number of halogens is 2. The Hall–Kier alpha value is -2.87. The predicted octanol–water partition coefficient (Wildman–Crippen LogP) is 6.31. The minimum Gasteiger partial charge on any atom is -0.322 e. The molecule has 31 heavy (non-hydrogen) atoms. The lowest BCUT2D eigenvalue weighted by Crippen LogP contribution is -2.14. The lowest BCUT2D eigenvalue weighted by Gasteiger charge is -2.12. The number of fused-ring (bicyclic) bond motifs is 1. The van der Waals surface area contributed by atoms with Gasteiger partial charge in [0.2, 0.25) is 0 Å². The summed E-state index contributed by atoms with van der Waals surface area (Å²) in [6.07, 6.45) is 0. The molecule has 0 radical (unpaired) electrons. The van der Waals surface area contributed by atoms with Crippen LogP contribution in [0.3, 0.4) is 0 Å². The van der Waals surface area contributed by atoms with E-state index in [1.165, 1.54) is 24.3 Å². The molecule has 1 amide bonds. The summed E-state index contributed by atoms with van der Waals surface area (Å²) in [7, 11) is -3.80. The molecule has 0 heterocycles. The number of nitrogens with one attached hydrogen (secondary N) is 2. The van der Waals surface area contributed by atoms with E-state index < -0.39 is 15.9 Å². The van der Waals surface area contributed by atoms with Gasteiger partial charge in [-0.05, 0) is 53.9 Å². The minimum absolute atomic E-state index is 0.0823. The fourth-order valence-electron chi connectivity index (χ4n) is 3.11. The molecule has 0 spiro atoms. The number of anilines is 2. The molecule has 4 aromatic carbocycles. The molecular weight excluding hydrogens is 500 g/mol. The number of carbonyl (C=O) groups excluding carboxylic acids is 1. The summed E-state index contributed by atoms with van der Waals surface area (Å²) in [6.45, 7) is 0. The van der Waals surface area contributed by atoms with Gasteiger partial charge in [-0.15, -0.1) is 0 Å². The topological polar surface area (TPSA) is 75.3 Å². The largest absolute Gasteiger partial charge is 0.322 e. The van der Waals surface area contributed by atoms with Crippen molar-refractivity contribution in [2.45, 2.75) is 4.90 Å². The van der Waals surface area contributed by atoms with Crippen molar-refractivity contribution in [3.8, 4) is 0 Å². The van der Waals surface area contributed by atoms with Crippen LogP contribution in [0.1, 0.15) is 10.4 Å². The third kappa shape index (κ3) is 4.74. The normalized spacial score (nSPS) is 11.3. The summed E-state index contributed by atoms with van der Waals surface area (Å²) in [5.41, 5.74) is 1.26. The van der Waals surface area contributed by atoms with Crippen LogP contribution in [0.2, 0.25) is 5.02 Å². The molecule has 0 bridgehead atoms. The van der Waals surface area contributed by atoms with Gasteiger partial charge in [0.25, 0.3) is 15.9 Å². The molecule has 0 aliphatic heterocycles. The maximum Gasteiger partial charge on any atom is 0.261 e. The highest BCUT2D eigenvalue weighted by molar-refractivity contribution is 9.10. The van der Waals surface area contributed by atoms with E-state index >= 15 is 0 Å². The first kappa shape index (κ1) is 21.4. The lowest BCUT2D eigenvalue weighted by molar-refractivity contribution is 0.102. The molecule has 0 atom stereocenters. The quantitative estimate of drug-likeness (QED) is 0.327. The molecule has 0 saturated heterocycles. The molecule has 0 aliphatic carbocycles. The van der Waals surface area contributed by atoms with Crippen LogP contribution in [0, 0.1) is 0 Å². The molecule has 156 valence electrons. The number of carbonyl (C=O) groups is 1. The fraction of sp³-hybridized carbons (Fsp3) is 0. The van der Waals surface area contributed by atoms with Gasteiger partial charge in [-0.25, -0.2) is 8.42 Å². The highest BCUT2D eigenvalue weighted by Crippen LogP contribution is 2.26. The Kier molecular flexibility index (Phi) is 6.00. The smallest absolute Gasteiger partial charge is 0.261 e. The van der Waals surface area contributed by atoms with Crippen LogP contribution in [-0.2, 0) is 10.0 Å². The van der Waals surface area contributed by atoms with Crippen LogP contribution in [0.4, 0.5) is 11.4 Å². The van der Waals surface area contributed by atoms with Crippen LogP contribution in [0.5, 0.6) is 0 Å². The second kappa shape index (κ2) is 8.70. The third-order valence-electron chi connectivity index (χ3n) is 4.63. The zero-order valence-corrected chi connectivity index (χ0v) is 19.1. The number of amides is 1. The maximum atomic E-state index is 12.9. The standard InChI is InChI=1S/C23H16BrClN2O3S/c24-16-8-13-21(25)20(14-16)23(28)26-17-9-11-18(12-10-17)31(29,30)27-22-7-3-5-15-4-1-2-6-19(15)22/h1-14,27H,(H,26,28). The van der Waals surface area contributed by atoms with E-state index in [1.54, 1.807) is 30.3 Å². The molecule has 0 aromatic heterocycles. The first-order valence-electron chi connectivity index (χ1n) is 9.20. The summed E-state index contributed by atoms with van der Waals surface area (Å²) < 4.78 is 29.1. The summed E-state index contributed by atoms with van der Waals surface area (Å²) in [4.78, 5) is 12.6. The Morgan fingerprint density at radius 3 is 2.35 bits per heavy atom. The van der Waals surface area contributed by atoms with E-state index in [2.05, 4.69) is 26.0 Å². The highest BCUT2D eigenvalue weighted by Gasteiger charge is 2.16. The number of hydrogen-bond acceptors (Lipinski definition) is 3. The fourth-order valence-corrected chi connectivity index (χ4v) is 4.75. The van der Waals surface area contributed by atoms with E-state index in [1.807, 2.05) is 30.3 Å². The molecule has 0 unspecified atom stereocenters. The molecule has 2 N–H and O–H groups in total. The van der Waals surface area contributed by atoms with Gasteiger partial charge in [0.05, 0.1) is 21.2 Å². The summed E-state index contributed by atoms with van der Waals surface area (Å²) in [5.74, 6) is -0.393. The van der Waals surface area contributed by atoms with E-state index in [4.69, 9.17) is 11.6 Å². The lowest BCUT2D eigenvalue weighted by atomic mass is 10.1. The van der Waals surface area contributed by atoms with Gasteiger partial charge in [-0.1, -0.05) is 63.9 Å². The highest BCUT2D eigenvalue weighted by atomic mass is 79.9. The first-order valence-corrected chi connectivity index (χ1v) is 11.9. The third-order valence-corrected chi connectivity index (χ3v) is 6.83. The van der Waals surface area contributed by atoms with Gasteiger partial charge in [0.15, 0.2) is 0 Å². The van der Waals surface area contributed by atoms with Gasteiger partial charge < -0.3 is 5.32 Å². The van der Waals surface area contributed by atoms with Crippen molar-refractivity contribution in [3.05, 3.63) is 100.0 Å². The van der Waals surface area contributed by atoms with Gasteiger partial charge >= 0.3 is 0 Å². The average molecular weight is 516 g/mol. The number of hydrogen-bond donors (Lipinski definition) is 2. The summed E-state index contributed by atoms with van der Waals surface area (Å²) >= 11 is 9.40. The molecule has 4 rings (SSSR count). The Bertz CT molecular complexity index is 1380. The van der Waals surface area contributed by atoms with Crippen molar-refractivity contribution >= 4 is 65.6 Å². The van der Waals surface area contributed by atoms with Crippen molar-refractivity contribution in [3.63, 3.8) is 0 Å². The zero-order chi connectivity index (χ0) is 22.0. The van der Waals surface area contributed by atoms with Crippen molar-refractivity contribution < 1.29 is 13.2 Å². The molecule has 8 heteroatoms. The molecule has 0 aliphatic rings. The Morgan fingerprint density at radius 1 is 0.871 bits per heavy atom. The minimum atomic E-state index is -3.80. The number of rotatable bonds is 5. The average Bonchev–Trinajstić information content (AvgIpc) is 2.76. The van der Waals surface area contributed by atoms with Crippen molar-refractivity contribution in [1.29, 1.82) is 0 Å². The van der Waals surface area contributed by atoms with Gasteiger partial charge in [0, 0.05) is 15.5 Å². The van der Waals surface area contributed by atoms with Gasteiger partial charge in [-0.3, -0.25) is 9.52 Å². The predicted molar refractivity (Wildman–Crippen MR) is 128 cm³/mol. The van der Waals surface area contributed by atoms with Crippen LogP contribution >= 0.6 is 27.5 Å². The molecule has 4 aromatic rings. The second-order valence-corrected chi connectivity index (χ2v) is 9.74. The SMILES string of the molecule is O=C(Nc1ccc(S(=O)(=O)Nc2cccc3ccccc23)cc1)c1cc(Br)ccc1Cl. The zero-order valence-electron chi connectivity index (χ0n) is 16.0. The molecule has 0 fully saturated rings. The molecular formula is C23H16BrClN2O3S. The number of sulfonamides is 1. The molecule has 0 saturated carbocycles. The summed E-state index contributed by atoms with van der Waals surface area (Å²) in [5, 5.41) is 4.78. The van der Waals surface area contributed by atoms with E-state index in [0.717, 1.165) is 15.2 Å². The van der Waals surface area contributed by atoms with Crippen molar-refractivity contribution in [2.75, 3.05) is 10.0 Å². The van der Waals surface area contributed by atoms with E-state index in [9.17, 15) is 13.2 Å². The van der Waals surface area contributed by atoms with Crippen LogP contribution in [0.15, 0.2) is 94.3 Å². The maximum absolute atomic E-state index is 12.9. The van der Waals surface area contributed by atoms with Crippen LogP contribution < -0.4 is 10.0 Å². The second-order valence-electron chi connectivity index (χ2n) is 6.73. The van der Waals surface area contributed by atoms with Gasteiger partial charge in [0.1, 0.15) is 0 Å². The van der Waals surface area contributed by atoms with E-state index in [0.29, 0.717) is 22.0 Å². The molecule has 5 nitrogen and oxygen atoms in total. The van der Waals surface area contributed by atoms with Crippen LogP contribution in [-0.4, -0.2) is 14.3 Å². The van der Waals surface area contributed by atoms with Crippen molar-refractivity contribution in [1.82, 2.24) is 0 Å². The Labute approximate surface area is 193 Å². The van der Waals surface area contributed by atoms with Gasteiger partial charge in [-0.2, -0.15) is 0 Å². The summed E-state index contributed by atoms with van der Waals surface area (Å²) in [6, 6.07) is 23.9.